The van der Waals surface area contributed by atoms with E-state index in [0.717, 1.165) is 5.56 Å². The number of carbonyl (C=O) groups is 1. The summed E-state index contributed by atoms with van der Waals surface area (Å²) in [6.07, 6.45) is -0.471. The molecule has 0 aromatic heterocycles. The van der Waals surface area contributed by atoms with Crippen molar-refractivity contribution >= 4 is 17.4 Å². The second-order valence-corrected chi connectivity index (χ2v) is 4.75. The molecule has 0 N–H and O–H groups in total. The van der Waals surface area contributed by atoms with Crippen LogP contribution in [0.4, 0.5) is 0 Å². The zero-order valence-electron chi connectivity index (χ0n) is 10.7. The Hall–Kier alpha value is -1.64. The summed E-state index contributed by atoms with van der Waals surface area (Å²) in [6.45, 7) is 2.14. The third-order valence-electron chi connectivity index (χ3n) is 2.82. The Labute approximate surface area is 118 Å². The number of hydrogen-bond acceptors (Lipinski definition) is 2. The molecule has 19 heavy (non-hydrogen) atoms. The van der Waals surface area contributed by atoms with Crippen LogP contribution >= 0.6 is 11.6 Å². The van der Waals surface area contributed by atoms with Gasteiger partial charge < -0.3 is 4.74 Å². The molecule has 0 saturated heterocycles. The van der Waals surface area contributed by atoms with Crippen LogP contribution in [0, 0.1) is 0 Å². The molecule has 2 nitrogen and oxygen atoms in total. The maximum absolute atomic E-state index is 12.1. The van der Waals surface area contributed by atoms with Crippen LogP contribution < -0.4 is 0 Å². The average molecular weight is 275 g/mol. The molecule has 1 unspecified atom stereocenters. The van der Waals surface area contributed by atoms with Crippen LogP contribution in [0.1, 0.15) is 22.8 Å². The molecule has 0 heterocycles. The number of Topliss-reactive ketones (excluding diaryl/α,β-unsaturated/α-hetero) is 1. The van der Waals surface area contributed by atoms with Crippen LogP contribution in [0.15, 0.2) is 54.6 Å². The van der Waals surface area contributed by atoms with E-state index in [-0.39, 0.29) is 5.78 Å². The first-order valence-corrected chi connectivity index (χ1v) is 6.50. The summed E-state index contributed by atoms with van der Waals surface area (Å²) < 4.78 is 5.59. The van der Waals surface area contributed by atoms with E-state index in [1.54, 1.807) is 19.1 Å². The molecular weight excluding hydrogens is 260 g/mol. The largest absolute Gasteiger partial charge is 0.366 e. The average Bonchev–Trinajstić information content (AvgIpc) is 2.45. The molecule has 2 rings (SSSR count). The van der Waals surface area contributed by atoms with Crippen molar-refractivity contribution in [2.24, 2.45) is 0 Å². The van der Waals surface area contributed by atoms with Crippen LogP contribution in [0.2, 0.25) is 5.02 Å². The minimum atomic E-state index is -0.471. The summed E-state index contributed by atoms with van der Waals surface area (Å²) in [7, 11) is 0. The van der Waals surface area contributed by atoms with E-state index < -0.39 is 6.10 Å². The second-order valence-electron chi connectivity index (χ2n) is 4.31. The van der Waals surface area contributed by atoms with Crippen molar-refractivity contribution in [3.05, 3.63) is 70.7 Å². The molecule has 3 heteroatoms. The van der Waals surface area contributed by atoms with E-state index in [1.165, 1.54) is 0 Å². The van der Waals surface area contributed by atoms with Gasteiger partial charge >= 0.3 is 0 Å². The highest BCUT2D eigenvalue weighted by Crippen LogP contribution is 2.13. The number of hydrogen-bond donors (Lipinski definition) is 0. The van der Waals surface area contributed by atoms with Gasteiger partial charge in [-0.05, 0) is 24.6 Å². The van der Waals surface area contributed by atoms with E-state index in [4.69, 9.17) is 16.3 Å². The number of ether oxygens (including phenoxy) is 1. The highest BCUT2D eigenvalue weighted by molar-refractivity contribution is 6.30. The van der Waals surface area contributed by atoms with Crippen molar-refractivity contribution in [1.82, 2.24) is 0 Å². The minimum Gasteiger partial charge on any atom is -0.366 e. The number of carbonyl (C=O) groups excluding carboxylic acids is 1. The lowest BCUT2D eigenvalue weighted by Crippen LogP contribution is -2.20. The first-order chi connectivity index (χ1) is 9.16. The quantitative estimate of drug-likeness (QED) is 0.767. The SMILES string of the molecule is CC(OCc1cccc(Cl)c1)C(=O)c1ccccc1. The molecule has 0 saturated carbocycles. The second kappa shape index (κ2) is 6.50. The standard InChI is InChI=1S/C16H15ClO2/c1-12(16(18)14-7-3-2-4-8-14)19-11-13-6-5-9-15(17)10-13/h2-10,12H,11H2,1H3. The zero-order valence-corrected chi connectivity index (χ0v) is 11.4. The van der Waals surface area contributed by atoms with Gasteiger partial charge in [0.1, 0.15) is 6.10 Å². The Bertz CT molecular complexity index is 552. The van der Waals surface area contributed by atoms with Crippen molar-refractivity contribution in [3.63, 3.8) is 0 Å². The van der Waals surface area contributed by atoms with Crippen LogP contribution in [0.25, 0.3) is 0 Å². The maximum Gasteiger partial charge on any atom is 0.191 e. The number of ketones is 1. The van der Waals surface area contributed by atoms with Gasteiger partial charge in [0.05, 0.1) is 6.61 Å². The molecule has 1 atom stereocenters. The third-order valence-corrected chi connectivity index (χ3v) is 3.05. The van der Waals surface area contributed by atoms with Crippen LogP contribution in [0.3, 0.4) is 0 Å². The predicted octanol–water partition coefficient (Wildman–Crippen LogP) is 4.13. The Kier molecular flexibility index (Phi) is 4.72. The first-order valence-electron chi connectivity index (χ1n) is 6.12. The van der Waals surface area contributed by atoms with Gasteiger partial charge in [0.2, 0.25) is 0 Å². The summed E-state index contributed by atoms with van der Waals surface area (Å²) in [4.78, 5) is 12.1. The van der Waals surface area contributed by atoms with Crippen LogP contribution in [0.5, 0.6) is 0 Å². The highest BCUT2D eigenvalue weighted by Gasteiger charge is 2.15. The third kappa shape index (κ3) is 3.91. The molecule has 0 aliphatic carbocycles. The summed E-state index contributed by atoms with van der Waals surface area (Å²) >= 11 is 5.90. The van der Waals surface area contributed by atoms with E-state index in [1.807, 2.05) is 42.5 Å². The van der Waals surface area contributed by atoms with Gasteiger partial charge in [-0.3, -0.25) is 4.79 Å². The van der Waals surface area contributed by atoms with Gasteiger partial charge in [-0.25, -0.2) is 0 Å². The molecule has 0 aliphatic heterocycles. The Morgan fingerprint density at radius 1 is 1.16 bits per heavy atom. The van der Waals surface area contributed by atoms with Crippen molar-refractivity contribution in [1.29, 1.82) is 0 Å². The minimum absolute atomic E-state index is 0.0115. The molecule has 0 fully saturated rings. The lowest BCUT2D eigenvalue weighted by Gasteiger charge is -2.12. The molecular formula is C16H15ClO2. The molecule has 0 radical (unpaired) electrons. The number of halogens is 1. The molecule has 0 amide bonds. The van der Waals surface area contributed by atoms with E-state index in [9.17, 15) is 4.79 Å². The van der Waals surface area contributed by atoms with Crippen molar-refractivity contribution in [2.75, 3.05) is 0 Å². The fourth-order valence-electron chi connectivity index (χ4n) is 1.76. The monoisotopic (exact) mass is 274 g/mol. The molecule has 0 aliphatic rings. The first kappa shape index (κ1) is 13.8. The lowest BCUT2D eigenvalue weighted by molar-refractivity contribution is 0.0412. The molecule has 2 aromatic rings. The highest BCUT2D eigenvalue weighted by atomic mass is 35.5. The van der Waals surface area contributed by atoms with Crippen LogP contribution in [-0.2, 0) is 11.3 Å². The van der Waals surface area contributed by atoms with E-state index in [0.29, 0.717) is 17.2 Å². The Balaban J connectivity index is 1.95. The van der Waals surface area contributed by atoms with Gasteiger partial charge in [-0.15, -0.1) is 0 Å². The van der Waals surface area contributed by atoms with Gasteiger partial charge in [0.25, 0.3) is 0 Å². The topological polar surface area (TPSA) is 26.3 Å². The smallest absolute Gasteiger partial charge is 0.191 e. The van der Waals surface area contributed by atoms with Gasteiger partial charge in [0.15, 0.2) is 5.78 Å². The summed E-state index contributed by atoms with van der Waals surface area (Å²) in [5.74, 6) is -0.0115. The zero-order chi connectivity index (χ0) is 13.7. The Morgan fingerprint density at radius 2 is 1.89 bits per heavy atom. The lowest BCUT2D eigenvalue weighted by atomic mass is 10.1. The van der Waals surface area contributed by atoms with Crippen molar-refractivity contribution in [2.45, 2.75) is 19.6 Å². The molecule has 2 aromatic carbocycles. The molecule has 0 spiro atoms. The fourth-order valence-corrected chi connectivity index (χ4v) is 1.97. The van der Waals surface area contributed by atoms with E-state index >= 15 is 0 Å². The normalized spacial score (nSPS) is 12.1. The van der Waals surface area contributed by atoms with Crippen molar-refractivity contribution < 1.29 is 9.53 Å². The van der Waals surface area contributed by atoms with Gasteiger partial charge in [0, 0.05) is 10.6 Å². The van der Waals surface area contributed by atoms with Crippen molar-refractivity contribution in [3.8, 4) is 0 Å². The Morgan fingerprint density at radius 3 is 2.58 bits per heavy atom. The summed E-state index contributed by atoms with van der Waals surface area (Å²) in [6, 6.07) is 16.6. The maximum atomic E-state index is 12.1. The summed E-state index contributed by atoms with van der Waals surface area (Å²) in [5.41, 5.74) is 1.63. The number of rotatable bonds is 5. The number of benzene rings is 2. The summed E-state index contributed by atoms with van der Waals surface area (Å²) in [5, 5.41) is 0.670. The van der Waals surface area contributed by atoms with Crippen LogP contribution in [-0.4, -0.2) is 11.9 Å². The van der Waals surface area contributed by atoms with Gasteiger partial charge in [-0.2, -0.15) is 0 Å². The van der Waals surface area contributed by atoms with Gasteiger partial charge in [-0.1, -0.05) is 54.1 Å². The fraction of sp³-hybridized carbons (Fsp3) is 0.188. The van der Waals surface area contributed by atoms with E-state index in [2.05, 4.69) is 0 Å². The molecule has 0 bridgehead atoms. The molecule has 98 valence electrons. The predicted molar refractivity (Wildman–Crippen MR) is 76.5 cm³/mol.